The SMILES string of the molecule is CCC(C)N(CC(=O)O)C(=O)N(C)C1CCCN(C)C1. The van der Waals surface area contributed by atoms with Gasteiger partial charge in [0.05, 0.1) is 0 Å². The fourth-order valence-corrected chi connectivity index (χ4v) is 2.59. The summed E-state index contributed by atoms with van der Waals surface area (Å²) < 4.78 is 0. The Morgan fingerprint density at radius 2 is 2.10 bits per heavy atom. The lowest BCUT2D eigenvalue weighted by Crippen LogP contribution is -2.54. The maximum Gasteiger partial charge on any atom is 0.323 e. The molecule has 1 saturated heterocycles. The highest BCUT2D eigenvalue weighted by Crippen LogP contribution is 2.16. The van der Waals surface area contributed by atoms with Crippen LogP contribution in [0.4, 0.5) is 4.79 Å². The molecular weight excluding hydrogens is 258 g/mol. The van der Waals surface area contributed by atoms with E-state index in [9.17, 15) is 9.59 Å². The molecule has 6 nitrogen and oxygen atoms in total. The Morgan fingerprint density at radius 3 is 2.60 bits per heavy atom. The smallest absolute Gasteiger partial charge is 0.323 e. The number of hydrogen-bond acceptors (Lipinski definition) is 3. The van der Waals surface area contributed by atoms with Gasteiger partial charge in [0.15, 0.2) is 0 Å². The van der Waals surface area contributed by atoms with Gasteiger partial charge in [-0.2, -0.15) is 0 Å². The molecular formula is C14H27N3O3. The Balaban J connectivity index is 2.74. The fraction of sp³-hybridized carbons (Fsp3) is 0.857. The predicted octanol–water partition coefficient (Wildman–Crippen LogP) is 1.32. The van der Waals surface area contributed by atoms with Crippen molar-refractivity contribution in [1.82, 2.24) is 14.7 Å². The van der Waals surface area contributed by atoms with E-state index >= 15 is 0 Å². The van der Waals surface area contributed by atoms with Crippen molar-refractivity contribution in [2.24, 2.45) is 0 Å². The molecule has 1 aliphatic rings. The number of carbonyl (C=O) groups excluding carboxylic acids is 1. The standard InChI is InChI=1S/C14H27N3O3/c1-5-11(2)17(10-13(18)19)14(20)16(4)12-7-6-8-15(3)9-12/h11-12H,5-10H2,1-4H3,(H,18,19). The molecule has 1 heterocycles. The van der Waals surface area contributed by atoms with E-state index in [-0.39, 0.29) is 24.7 Å². The summed E-state index contributed by atoms with van der Waals surface area (Å²) in [6.45, 7) is 5.52. The van der Waals surface area contributed by atoms with Crippen LogP contribution in [0.3, 0.4) is 0 Å². The maximum atomic E-state index is 12.6. The van der Waals surface area contributed by atoms with E-state index in [0.717, 1.165) is 32.4 Å². The molecule has 0 aromatic carbocycles. The van der Waals surface area contributed by atoms with Crippen LogP contribution in [0.1, 0.15) is 33.1 Å². The normalized spacial score (nSPS) is 21.3. The van der Waals surface area contributed by atoms with Gasteiger partial charge in [-0.25, -0.2) is 4.79 Å². The molecule has 1 aliphatic heterocycles. The third kappa shape index (κ3) is 4.37. The quantitative estimate of drug-likeness (QED) is 0.827. The molecule has 6 heteroatoms. The van der Waals surface area contributed by atoms with Gasteiger partial charge in [-0.1, -0.05) is 6.92 Å². The van der Waals surface area contributed by atoms with Crippen LogP contribution in [0.2, 0.25) is 0 Å². The monoisotopic (exact) mass is 285 g/mol. The van der Waals surface area contributed by atoms with Crippen LogP contribution in [0.5, 0.6) is 0 Å². The highest BCUT2D eigenvalue weighted by Gasteiger charge is 2.30. The van der Waals surface area contributed by atoms with E-state index in [1.54, 1.807) is 11.9 Å². The number of carbonyl (C=O) groups is 2. The molecule has 0 bridgehead atoms. The third-order valence-electron chi connectivity index (χ3n) is 4.12. The minimum absolute atomic E-state index is 0.0672. The lowest BCUT2D eigenvalue weighted by molar-refractivity contribution is -0.138. The molecule has 2 unspecified atom stereocenters. The summed E-state index contributed by atoms with van der Waals surface area (Å²) >= 11 is 0. The van der Waals surface area contributed by atoms with Crippen LogP contribution in [0.15, 0.2) is 0 Å². The number of carboxylic acid groups (broad SMARTS) is 1. The number of hydrogen-bond donors (Lipinski definition) is 1. The van der Waals surface area contributed by atoms with Gasteiger partial charge in [0.2, 0.25) is 0 Å². The van der Waals surface area contributed by atoms with Crippen molar-refractivity contribution in [1.29, 1.82) is 0 Å². The lowest BCUT2D eigenvalue weighted by Gasteiger charge is -2.39. The van der Waals surface area contributed by atoms with Crippen molar-refractivity contribution in [3.63, 3.8) is 0 Å². The van der Waals surface area contributed by atoms with Gasteiger partial charge in [0.1, 0.15) is 6.54 Å². The lowest BCUT2D eigenvalue weighted by atomic mass is 10.1. The van der Waals surface area contributed by atoms with Gasteiger partial charge in [0, 0.05) is 25.7 Å². The highest BCUT2D eigenvalue weighted by molar-refractivity contribution is 5.80. The van der Waals surface area contributed by atoms with Crippen LogP contribution in [-0.2, 0) is 4.79 Å². The van der Waals surface area contributed by atoms with Crippen LogP contribution in [-0.4, -0.2) is 77.6 Å². The van der Waals surface area contributed by atoms with Crippen molar-refractivity contribution in [3.05, 3.63) is 0 Å². The van der Waals surface area contributed by atoms with Crippen molar-refractivity contribution >= 4 is 12.0 Å². The van der Waals surface area contributed by atoms with E-state index < -0.39 is 5.97 Å². The summed E-state index contributed by atoms with van der Waals surface area (Å²) in [7, 11) is 3.83. The second kappa shape index (κ2) is 7.47. The van der Waals surface area contributed by atoms with Gasteiger partial charge in [-0.3, -0.25) is 4.79 Å². The third-order valence-corrected chi connectivity index (χ3v) is 4.12. The molecule has 0 spiro atoms. The van der Waals surface area contributed by atoms with Crippen molar-refractivity contribution < 1.29 is 14.7 Å². The Kier molecular flexibility index (Phi) is 6.26. The number of amides is 2. The van der Waals surface area contributed by atoms with Crippen LogP contribution < -0.4 is 0 Å². The zero-order valence-corrected chi connectivity index (χ0v) is 13.0. The molecule has 116 valence electrons. The Hall–Kier alpha value is -1.30. The number of urea groups is 1. The van der Waals surface area contributed by atoms with E-state index in [1.807, 2.05) is 20.9 Å². The summed E-state index contributed by atoms with van der Waals surface area (Å²) in [4.78, 5) is 28.9. The molecule has 1 rings (SSSR count). The second-order valence-corrected chi connectivity index (χ2v) is 5.73. The van der Waals surface area contributed by atoms with Crippen molar-refractivity contribution in [3.8, 4) is 0 Å². The molecule has 0 aromatic heterocycles. The van der Waals surface area contributed by atoms with E-state index in [2.05, 4.69) is 4.90 Å². The van der Waals surface area contributed by atoms with Crippen molar-refractivity contribution in [2.45, 2.75) is 45.2 Å². The summed E-state index contributed by atoms with van der Waals surface area (Å²) in [6, 6.07) is -0.0778. The first-order valence-corrected chi connectivity index (χ1v) is 7.30. The molecule has 0 aromatic rings. The molecule has 0 aliphatic carbocycles. The summed E-state index contributed by atoms with van der Waals surface area (Å²) in [6.07, 6.45) is 2.80. The second-order valence-electron chi connectivity index (χ2n) is 5.73. The maximum absolute atomic E-state index is 12.6. The van der Waals surface area contributed by atoms with E-state index in [1.165, 1.54) is 4.90 Å². The molecule has 2 amide bonds. The van der Waals surface area contributed by atoms with E-state index in [4.69, 9.17) is 5.11 Å². The zero-order valence-electron chi connectivity index (χ0n) is 13.0. The topological polar surface area (TPSA) is 64.1 Å². The summed E-state index contributed by atoms with van der Waals surface area (Å²) in [5, 5.41) is 8.99. The average Bonchev–Trinajstić information content (AvgIpc) is 2.42. The van der Waals surface area contributed by atoms with Crippen molar-refractivity contribution in [2.75, 3.05) is 33.7 Å². The fourth-order valence-electron chi connectivity index (χ4n) is 2.59. The molecule has 0 saturated carbocycles. The van der Waals surface area contributed by atoms with Gasteiger partial charge in [-0.05, 0) is 39.8 Å². The van der Waals surface area contributed by atoms with Gasteiger partial charge in [0.25, 0.3) is 0 Å². The number of piperidine rings is 1. The molecule has 1 fully saturated rings. The first-order chi connectivity index (χ1) is 9.36. The van der Waals surface area contributed by atoms with E-state index in [0.29, 0.717) is 0 Å². The number of likely N-dealkylation sites (N-methyl/N-ethyl adjacent to an activating group) is 2. The molecule has 20 heavy (non-hydrogen) atoms. The van der Waals surface area contributed by atoms with Crippen LogP contribution in [0, 0.1) is 0 Å². The first-order valence-electron chi connectivity index (χ1n) is 7.30. The molecule has 0 radical (unpaired) electrons. The van der Waals surface area contributed by atoms with Gasteiger partial charge >= 0.3 is 12.0 Å². The first kappa shape index (κ1) is 16.8. The Morgan fingerprint density at radius 1 is 1.45 bits per heavy atom. The Bertz CT molecular complexity index is 349. The summed E-state index contributed by atoms with van der Waals surface area (Å²) in [5.41, 5.74) is 0. The minimum atomic E-state index is -0.965. The van der Waals surface area contributed by atoms with Crippen LogP contribution in [0.25, 0.3) is 0 Å². The largest absolute Gasteiger partial charge is 0.480 e. The predicted molar refractivity (Wildman–Crippen MR) is 77.8 cm³/mol. The Labute approximate surface area is 121 Å². The number of carboxylic acids is 1. The van der Waals surface area contributed by atoms with Crippen LogP contribution >= 0.6 is 0 Å². The zero-order chi connectivity index (χ0) is 15.3. The minimum Gasteiger partial charge on any atom is -0.480 e. The summed E-state index contributed by atoms with van der Waals surface area (Å²) in [5.74, 6) is -0.965. The highest BCUT2D eigenvalue weighted by atomic mass is 16.4. The number of likely N-dealkylation sites (tertiary alicyclic amines) is 1. The van der Waals surface area contributed by atoms with Gasteiger partial charge < -0.3 is 19.8 Å². The van der Waals surface area contributed by atoms with Gasteiger partial charge in [-0.15, -0.1) is 0 Å². The molecule has 2 atom stereocenters. The molecule has 1 N–H and O–H groups in total. The number of nitrogens with zero attached hydrogens (tertiary/aromatic N) is 3. The number of rotatable bonds is 5. The number of aliphatic carboxylic acids is 1. The average molecular weight is 285 g/mol.